The van der Waals surface area contributed by atoms with Gasteiger partial charge in [-0.3, -0.25) is 4.79 Å². The van der Waals surface area contributed by atoms with Crippen LogP contribution in [0.15, 0.2) is 16.8 Å². The summed E-state index contributed by atoms with van der Waals surface area (Å²) in [5.74, 6) is 2.93. The van der Waals surface area contributed by atoms with Crippen LogP contribution in [0, 0.1) is 23.2 Å². The number of carbonyl (C=O) groups excluding carboxylic acids is 1. The molecule has 1 atom stereocenters. The molecule has 1 unspecified atom stereocenters. The largest absolute Gasteiger partial charge is 0.351 e. The third kappa shape index (κ3) is 1.88. The zero-order valence-corrected chi connectivity index (χ0v) is 12.0. The number of nitrogens with one attached hydrogen (secondary N) is 1. The van der Waals surface area contributed by atoms with Gasteiger partial charge in [0.25, 0.3) is 5.91 Å². The predicted molar refractivity (Wildman–Crippen MR) is 74.0 cm³/mol. The minimum Gasteiger partial charge on any atom is -0.351 e. The first kappa shape index (κ1) is 12.4. The molecule has 0 aromatic carbocycles. The van der Waals surface area contributed by atoms with E-state index in [0.29, 0.717) is 11.2 Å². The van der Waals surface area contributed by atoms with E-state index in [0.717, 1.165) is 17.8 Å². The van der Waals surface area contributed by atoms with Crippen molar-refractivity contribution in [2.24, 2.45) is 23.2 Å². The quantitative estimate of drug-likeness (QED) is 0.921. The molecular weight excluding hydrogens is 252 g/mol. The molecular formula is C16H22N2O2. The van der Waals surface area contributed by atoms with Gasteiger partial charge in [-0.25, -0.2) is 0 Å². The van der Waals surface area contributed by atoms with Crippen LogP contribution in [0.4, 0.5) is 0 Å². The average molecular weight is 274 g/mol. The number of hydrogen-bond acceptors (Lipinski definition) is 3. The average Bonchev–Trinajstić information content (AvgIpc) is 2.90. The van der Waals surface area contributed by atoms with E-state index >= 15 is 0 Å². The lowest BCUT2D eigenvalue weighted by Gasteiger charge is -2.59. The topological polar surface area (TPSA) is 55.1 Å². The fourth-order valence-corrected chi connectivity index (χ4v) is 5.46. The van der Waals surface area contributed by atoms with Gasteiger partial charge in [-0.2, -0.15) is 0 Å². The highest BCUT2D eigenvalue weighted by molar-refractivity contribution is 5.91. The molecule has 108 valence electrons. The summed E-state index contributed by atoms with van der Waals surface area (Å²) < 4.78 is 4.95. The van der Waals surface area contributed by atoms with Gasteiger partial charge in [0.1, 0.15) is 0 Å². The molecule has 5 rings (SSSR count). The van der Waals surface area contributed by atoms with Gasteiger partial charge < -0.3 is 9.84 Å². The van der Waals surface area contributed by atoms with Crippen LogP contribution in [-0.4, -0.2) is 17.1 Å². The van der Waals surface area contributed by atoms with E-state index < -0.39 is 0 Å². The maximum Gasteiger partial charge on any atom is 0.290 e. The molecule has 4 aliphatic rings. The van der Waals surface area contributed by atoms with Crippen molar-refractivity contribution in [1.82, 2.24) is 10.5 Å². The van der Waals surface area contributed by atoms with E-state index in [-0.39, 0.29) is 11.9 Å². The molecule has 4 aliphatic carbocycles. The second-order valence-corrected chi connectivity index (χ2v) is 7.35. The Labute approximate surface area is 119 Å². The van der Waals surface area contributed by atoms with Crippen molar-refractivity contribution < 1.29 is 9.32 Å². The van der Waals surface area contributed by atoms with Crippen LogP contribution < -0.4 is 5.32 Å². The summed E-state index contributed by atoms with van der Waals surface area (Å²) in [6.07, 6.45) is 9.72. The standard InChI is InChI=1S/C16H22N2O2/c1-10(18-15(19)14-2-3-17-20-14)16-7-11-4-12(8-16)6-13(5-11)9-16/h2-3,10-13H,4-9H2,1H3,(H,18,19). The van der Waals surface area contributed by atoms with Crippen LogP contribution in [0.25, 0.3) is 0 Å². The lowest BCUT2D eigenvalue weighted by molar-refractivity contribution is -0.0689. The Hall–Kier alpha value is -1.32. The Balaban J connectivity index is 1.51. The van der Waals surface area contributed by atoms with Gasteiger partial charge in [-0.1, -0.05) is 5.16 Å². The van der Waals surface area contributed by atoms with Crippen LogP contribution in [0.1, 0.15) is 56.0 Å². The van der Waals surface area contributed by atoms with Crippen LogP contribution >= 0.6 is 0 Å². The first-order valence-corrected chi connectivity index (χ1v) is 7.86. The van der Waals surface area contributed by atoms with E-state index in [1.54, 1.807) is 6.07 Å². The zero-order chi connectivity index (χ0) is 13.7. The number of amides is 1. The van der Waals surface area contributed by atoms with E-state index in [2.05, 4.69) is 17.4 Å². The fourth-order valence-electron chi connectivity index (χ4n) is 5.46. The molecule has 1 heterocycles. The van der Waals surface area contributed by atoms with Crippen molar-refractivity contribution in [2.45, 2.75) is 51.5 Å². The summed E-state index contributed by atoms with van der Waals surface area (Å²) in [4.78, 5) is 12.2. The third-order valence-electron chi connectivity index (χ3n) is 6.01. The van der Waals surface area contributed by atoms with Gasteiger partial charge in [0.05, 0.1) is 6.20 Å². The van der Waals surface area contributed by atoms with Crippen molar-refractivity contribution in [3.05, 3.63) is 18.0 Å². The molecule has 1 aromatic heterocycles. The van der Waals surface area contributed by atoms with Crippen LogP contribution in [0.5, 0.6) is 0 Å². The summed E-state index contributed by atoms with van der Waals surface area (Å²) in [7, 11) is 0. The zero-order valence-electron chi connectivity index (χ0n) is 12.0. The van der Waals surface area contributed by atoms with Crippen molar-refractivity contribution in [2.75, 3.05) is 0 Å². The Morgan fingerprint density at radius 3 is 2.40 bits per heavy atom. The van der Waals surface area contributed by atoms with E-state index in [1.807, 2.05) is 0 Å². The SMILES string of the molecule is CC(NC(=O)c1ccno1)C12CC3CC(CC(C3)C1)C2. The van der Waals surface area contributed by atoms with Gasteiger partial charge in [0.15, 0.2) is 0 Å². The summed E-state index contributed by atoms with van der Waals surface area (Å²) in [5, 5.41) is 6.77. The minimum absolute atomic E-state index is 0.120. The summed E-state index contributed by atoms with van der Waals surface area (Å²) in [5.41, 5.74) is 0.338. The minimum atomic E-state index is -0.120. The molecule has 1 N–H and O–H groups in total. The summed E-state index contributed by atoms with van der Waals surface area (Å²) >= 11 is 0. The molecule has 4 fully saturated rings. The van der Waals surface area contributed by atoms with E-state index in [4.69, 9.17) is 4.52 Å². The highest BCUT2D eigenvalue weighted by atomic mass is 16.5. The number of hydrogen-bond donors (Lipinski definition) is 1. The Bertz CT molecular complexity index is 473. The molecule has 4 nitrogen and oxygen atoms in total. The Kier molecular flexibility index (Phi) is 2.69. The maximum atomic E-state index is 12.2. The molecule has 20 heavy (non-hydrogen) atoms. The molecule has 1 amide bonds. The van der Waals surface area contributed by atoms with Crippen LogP contribution in [-0.2, 0) is 0 Å². The fraction of sp³-hybridized carbons (Fsp3) is 0.750. The smallest absolute Gasteiger partial charge is 0.290 e. The molecule has 4 heteroatoms. The molecule has 0 spiro atoms. The predicted octanol–water partition coefficient (Wildman–Crippen LogP) is 3.01. The highest BCUT2D eigenvalue weighted by Crippen LogP contribution is 2.61. The van der Waals surface area contributed by atoms with Crippen molar-refractivity contribution in [3.63, 3.8) is 0 Å². The number of aromatic nitrogens is 1. The molecule has 0 aliphatic heterocycles. The van der Waals surface area contributed by atoms with Crippen molar-refractivity contribution in [3.8, 4) is 0 Å². The van der Waals surface area contributed by atoms with E-state index in [9.17, 15) is 4.79 Å². The highest BCUT2D eigenvalue weighted by Gasteiger charge is 2.53. The van der Waals surface area contributed by atoms with Gasteiger partial charge >= 0.3 is 0 Å². The van der Waals surface area contributed by atoms with Crippen LogP contribution in [0.3, 0.4) is 0 Å². The molecule has 1 aromatic rings. The second kappa shape index (κ2) is 4.34. The van der Waals surface area contributed by atoms with Gasteiger partial charge in [-0.15, -0.1) is 0 Å². The first-order valence-electron chi connectivity index (χ1n) is 7.86. The molecule has 4 saturated carbocycles. The monoisotopic (exact) mass is 274 g/mol. The number of rotatable bonds is 3. The van der Waals surface area contributed by atoms with Gasteiger partial charge in [-0.05, 0) is 68.6 Å². The molecule has 0 radical (unpaired) electrons. The summed E-state index contributed by atoms with van der Waals surface area (Å²) in [6, 6.07) is 1.86. The lowest BCUT2D eigenvalue weighted by Crippen LogP contribution is -2.55. The second-order valence-electron chi connectivity index (χ2n) is 7.35. The number of carbonyl (C=O) groups is 1. The van der Waals surface area contributed by atoms with Crippen LogP contribution in [0.2, 0.25) is 0 Å². The maximum absolute atomic E-state index is 12.2. The van der Waals surface area contributed by atoms with Crippen molar-refractivity contribution >= 4 is 5.91 Å². The molecule has 0 saturated heterocycles. The van der Waals surface area contributed by atoms with Gasteiger partial charge in [0, 0.05) is 12.1 Å². The van der Waals surface area contributed by atoms with E-state index in [1.165, 1.54) is 44.7 Å². The normalized spacial score (nSPS) is 39.8. The summed E-state index contributed by atoms with van der Waals surface area (Å²) in [6.45, 7) is 2.18. The van der Waals surface area contributed by atoms with Crippen molar-refractivity contribution in [1.29, 1.82) is 0 Å². The molecule has 4 bridgehead atoms. The lowest BCUT2D eigenvalue weighted by atomic mass is 9.48. The number of nitrogens with zero attached hydrogens (tertiary/aromatic N) is 1. The third-order valence-corrected chi connectivity index (χ3v) is 6.01. The Morgan fingerprint density at radius 2 is 1.90 bits per heavy atom. The van der Waals surface area contributed by atoms with Gasteiger partial charge in [0.2, 0.25) is 5.76 Å². The Morgan fingerprint density at radius 1 is 1.30 bits per heavy atom. The first-order chi connectivity index (χ1) is 9.64.